The number of unbranched alkanes of at least 4 members (excludes halogenated alkanes) is 1. The lowest BCUT2D eigenvalue weighted by molar-refractivity contribution is -0.119. The zero-order valence-corrected chi connectivity index (χ0v) is 10.6. The molecule has 0 unspecified atom stereocenters. The number of furan rings is 1. The molecule has 1 aromatic rings. The first-order valence-corrected chi connectivity index (χ1v) is 6.05. The Morgan fingerprint density at radius 2 is 2.33 bits per heavy atom. The number of carbonyl (C=O) groups excluding carboxylic acids is 1. The minimum Gasteiger partial charge on any atom is -0.467 e. The predicted molar refractivity (Wildman–Crippen MR) is 70.0 cm³/mol. The lowest BCUT2D eigenvalue weighted by Crippen LogP contribution is -2.34. The van der Waals surface area contributed by atoms with E-state index in [1.165, 1.54) is 0 Å². The second-order valence-electron chi connectivity index (χ2n) is 3.84. The highest BCUT2D eigenvalue weighted by molar-refractivity contribution is 5.83. The number of aliphatic imine (C=N–C) groups is 1. The largest absolute Gasteiger partial charge is 0.467 e. The summed E-state index contributed by atoms with van der Waals surface area (Å²) in [6.07, 6.45) is 3.68. The quantitative estimate of drug-likeness (QED) is 0.376. The molecule has 0 saturated heterocycles. The van der Waals surface area contributed by atoms with Gasteiger partial charge in [0.05, 0.1) is 12.8 Å². The van der Waals surface area contributed by atoms with Crippen LogP contribution in [0.4, 0.5) is 0 Å². The first-order chi connectivity index (χ1) is 8.72. The van der Waals surface area contributed by atoms with Gasteiger partial charge in [-0.2, -0.15) is 0 Å². The van der Waals surface area contributed by atoms with Crippen LogP contribution in [-0.2, 0) is 11.3 Å². The Labute approximate surface area is 107 Å². The Balaban J connectivity index is 2.17. The number of nitrogens with zero attached hydrogens (tertiary/aromatic N) is 1. The van der Waals surface area contributed by atoms with Crippen LogP contribution in [0.2, 0.25) is 0 Å². The van der Waals surface area contributed by atoms with Gasteiger partial charge in [0.25, 0.3) is 0 Å². The molecule has 1 aromatic heterocycles. The van der Waals surface area contributed by atoms with Crippen molar-refractivity contribution in [2.75, 3.05) is 13.1 Å². The minimum atomic E-state index is -0.188. The van der Waals surface area contributed by atoms with E-state index < -0.39 is 0 Å². The van der Waals surface area contributed by atoms with Gasteiger partial charge in [-0.25, -0.2) is 4.99 Å². The molecule has 6 heteroatoms. The SMILES string of the molecule is CCCCNC(N)=NCC(=O)NCc1ccco1. The van der Waals surface area contributed by atoms with Crippen molar-refractivity contribution in [1.82, 2.24) is 10.6 Å². The van der Waals surface area contributed by atoms with Crippen molar-refractivity contribution >= 4 is 11.9 Å². The van der Waals surface area contributed by atoms with Gasteiger partial charge >= 0.3 is 0 Å². The standard InChI is InChI=1S/C12H20N4O2/c1-2-3-6-14-12(13)16-9-11(17)15-8-10-5-4-7-18-10/h4-5,7H,2-3,6,8-9H2,1H3,(H,15,17)(H3,13,14,16). The fraction of sp³-hybridized carbons (Fsp3) is 0.500. The van der Waals surface area contributed by atoms with E-state index in [0.717, 1.165) is 19.4 Å². The van der Waals surface area contributed by atoms with Gasteiger partial charge in [-0.15, -0.1) is 0 Å². The topological polar surface area (TPSA) is 92.6 Å². The summed E-state index contributed by atoms with van der Waals surface area (Å²) in [7, 11) is 0. The molecule has 18 heavy (non-hydrogen) atoms. The molecule has 0 bridgehead atoms. The van der Waals surface area contributed by atoms with E-state index in [0.29, 0.717) is 18.3 Å². The van der Waals surface area contributed by atoms with Crippen LogP contribution in [0.5, 0.6) is 0 Å². The molecular weight excluding hydrogens is 232 g/mol. The Bertz CT molecular complexity index is 373. The molecule has 0 atom stereocenters. The highest BCUT2D eigenvalue weighted by Crippen LogP contribution is 1.98. The van der Waals surface area contributed by atoms with Crippen LogP contribution >= 0.6 is 0 Å². The summed E-state index contributed by atoms with van der Waals surface area (Å²) < 4.78 is 5.09. The van der Waals surface area contributed by atoms with Crippen molar-refractivity contribution in [3.63, 3.8) is 0 Å². The third-order valence-electron chi connectivity index (χ3n) is 2.27. The second-order valence-corrected chi connectivity index (χ2v) is 3.84. The molecule has 0 aliphatic rings. The third kappa shape index (κ3) is 5.93. The molecule has 1 amide bonds. The van der Waals surface area contributed by atoms with E-state index >= 15 is 0 Å². The van der Waals surface area contributed by atoms with Gasteiger partial charge in [-0.3, -0.25) is 4.79 Å². The van der Waals surface area contributed by atoms with E-state index in [2.05, 4.69) is 22.5 Å². The van der Waals surface area contributed by atoms with Crippen LogP contribution < -0.4 is 16.4 Å². The average Bonchev–Trinajstić information content (AvgIpc) is 2.87. The predicted octanol–water partition coefficient (Wildman–Crippen LogP) is 0.600. The zero-order valence-electron chi connectivity index (χ0n) is 10.6. The summed E-state index contributed by atoms with van der Waals surface area (Å²) in [5.74, 6) is 0.824. The summed E-state index contributed by atoms with van der Waals surface area (Å²) in [6, 6.07) is 3.57. The molecule has 1 heterocycles. The second kappa shape index (κ2) is 8.16. The lowest BCUT2D eigenvalue weighted by atomic mass is 10.3. The van der Waals surface area contributed by atoms with E-state index in [1.807, 2.05) is 0 Å². The van der Waals surface area contributed by atoms with E-state index in [4.69, 9.17) is 10.2 Å². The number of hydrogen-bond acceptors (Lipinski definition) is 3. The Hall–Kier alpha value is -1.98. The van der Waals surface area contributed by atoms with Gasteiger partial charge in [0.2, 0.25) is 5.91 Å². The van der Waals surface area contributed by atoms with Crippen molar-refractivity contribution < 1.29 is 9.21 Å². The number of amides is 1. The van der Waals surface area contributed by atoms with Gasteiger partial charge in [-0.1, -0.05) is 13.3 Å². The summed E-state index contributed by atoms with van der Waals surface area (Å²) in [4.78, 5) is 15.4. The monoisotopic (exact) mass is 252 g/mol. The Morgan fingerprint density at radius 3 is 3.00 bits per heavy atom. The molecule has 4 N–H and O–H groups in total. The molecule has 0 aromatic carbocycles. The molecule has 0 aliphatic carbocycles. The first kappa shape index (κ1) is 14.1. The third-order valence-corrected chi connectivity index (χ3v) is 2.27. The number of guanidine groups is 1. The fourth-order valence-corrected chi connectivity index (χ4v) is 1.26. The highest BCUT2D eigenvalue weighted by atomic mass is 16.3. The maximum absolute atomic E-state index is 11.4. The van der Waals surface area contributed by atoms with E-state index in [9.17, 15) is 4.79 Å². The number of nitrogens with one attached hydrogen (secondary N) is 2. The molecule has 6 nitrogen and oxygen atoms in total. The summed E-state index contributed by atoms with van der Waals surface area (Å²) >= 11 is 0. The van der Waals surface area contributed by atoms with Crippen LogP contribution in [0.1, 0.15) is 25.5 Å². The number of carbonyl (C=O) groups is 1. The van der Waals surface area contributed by atoms with Crippen LogP contribution in [-0.4, -0.2) is 25.0 Å². The van der Waals surface area contributed by atoms with Crippen molar-refractivity contribution in [3.05, 3.63) is 24.2 Å². The maximum Gasteiger partial charge on any atom is 0.242 e. The molecule has 100 valence electrons. The number of nitrogens with two attached hydrogens (primary N) is 1. The molecule has 0 fully saturated rings. The van der Waals surface area contributed by atoms with Crippen LogP contribution in [0.15, 0.2) is 27.8 Å². The van der Waals surface area contributed by atoms with Crippen molar-refractivity contribution in [2.45, 2.75) is 26.3 Å². The highest BCUT2D eigenvalue weighted by Gasteiger charge is 2.01. The normalized spacial score (nSPS) is 11.3. The molecule has 0 aliphatic heterocycles. The fourth-order valence-electron chi connectivity index (χ4n) is 1.26. The summed E-state index contributed by atoms with van der Waals surface area (Å²) in [5.41, 5.74) is 5.59. The zero-order chi connectivity index (χ0) is 13.2. The van der Waals surface area contributed by atoms with Gasteiger partial charge in [0.1, 0.15) is 12.3 Å². The Kier molecular flexibility index (Phi) is 6.38. The van der Waals surface area contributed by atoms with Gasteiger partial charge in [-0.05, 0) is 18.6 Å². The summed E-state index contributed by atoms with van der Waals surface area (Å²) in [5, 5.41) is 5.62. The lowest BCUT2D eigenvalue weighted by Gasteiger charge is -2.04. The van der Waals surface area contributed by atoms with Crippen LogP contribution in [0.3, 0.4) is 0 Å². The van der Waals surface area contributed by atoms with E-state index in [-0.39, 0.29) is 12.5 Å². The molecule has 0 saturated carbocycles. The molecular formula is C12H20N4O2. The minimum absolute atomic E-state index is 0.0195. The first-order valence-electron chi connectivity index (χ1n) is 6.05. The molecule has 1 rings (SSSR count). The smallest absolute Gasteiger partial charge is 0.242 e. The van der Waals surface area contributed by atoms with Crippen molar-refractivity contribution in [1.29, 1.82) is 0 Å². The maximum atomic E-state index is 11.4. The van der Waals surface area contributed by atoms with Crippen molar-refractivity contribution in [3.8, 4) is 0 Å². The van der Waals surface area contributed by atoms with E-state index in [1.54, 1.807) is 18.4 Å². The van der Waals surface area contributed by atoms with Gasteiger partial charge in [0.15, 0.2) is 5.96 Å². The van der Waals surface area contributed by atoms with Gasteiger partial charge < -0.3 is 20.8 Å². The van der Waals surface area contributed by atoms with Gasteiger partial charge in [0, 0.05) is 6.54 Å². The number of hydrogen-bond donors (Lipinski definition) is 3. The van der Waals surface area contributed by atoms with Crippen LogP contribution in [0.25, 0.3) is 0 Å². The van der Waals surface area contributed by atoms with Crippen LogP contribution in [0, 0.1) is 0 Å². The summed E-state index contributed by atoms with van der Waals surface area (Å²) in [6.45, 7) is 3.26. The number of rotatable bonds is 7. The average molecular weight is 252 g/mol. The Morgan fingerprint density at radius 1 is 1.50 bits per heavy atom. The molecule has 0 radical (unpaired) electrons. The van der Waals surface area contributed by atoms with Crippen molar-refractivity contribution in [2.24, 2.45) is 10.7 Å². The molecule has 0 spiro atoms.